The number of benzene rings is 1. The van der Waals surface area contributed by atoms with Crippen LogP contribution >= 0.6 is 0 Å². The van der Waals surface area contributed by atoms with E-state index in [0.717, 1.165) is 0 Å². The molecule has 0 amide bonds. The van der Waals surface area contributed by atoms with Gasteiger partial charge in [-0.15, -0.1) is 0 Å². The molecule has 15 heavy (non-hydrogen) atoms. The summed E-state index contributed by atoms with van der Waals surface area (Å²) in [5.74, 6) is 0.825. The zero-order valence-electron chi connectivity index (χ0n) is 7.81. The molecule has 76 valence electrons. The summed E-state index contributed by atoms with van der Waals surface area (Å²) in [6.45, 7) is 0. The summed E-state index contributed by atoms with van der Waals surface area (Å²) in [6.07, 6.45) is 0. The number of aromatic amines is 1. The molecule has 5 nitrogen and oxygen atoms in total. The highest BCUT2D eigenvalue weighted by atomic mass is 16.5. The van der Waals surface area contributed by atoms with Gasteiger partial charge < -0.3 is 10.5 Å². The van der Waals surface area contributed by atoms with Crippen molar-refractivity contribution in [2.24, 2.45) is 0 Å². The van der Waals surface area contributed by atoms with Gasteiger partial charge in [0, 0.05) is 0 Å². The molecule has 0 aliphatic heterocycles. The summed E-state index contributed by atoms with van der Waals surface area (Å²) < 4.78 is 5.33. The Hall–Kier alpha value is -2.30. The maximum Gasteiger partial charge on any atom is 0.256 e. The highest BCUT2D eigenvalue weighted by Crippen LogP contribution is 2.16. The van der Waals surface area contributed by atoms with E-state index in [1.807, 2.05) is 18.2 Å². The van der Waals surface area contributed by atoms with Crippen molar-refractivity contribution in [1.82, 2.24) is 9.97 Å². The van der Waals surface area contributed by atoms with E-state index in [1.165, 1.54) is 6.07 Å². The number of nitrogen functional groups attached to an aromatic ring is 1. The summed E-state index contributed by atoms with van der Waals surface area (Å²) in [4.78, 5) is 17.2. The summed E-state index contributed by atoms with van der Waals surface area (Å²) in [7, 11) is 0. The first-order valence-corrected chi connectivity index (χ1v) is 4.34. The third-order valence-electron chi connectivity index (χ3n) is 1.70. The molecule has 0 radical (unpaired) electrons. The van der Waals surface area contributed by atoms with Gasteiger partial charge in [0.1, 0.15) is 5.75 Å². The second-order valence-corrected chi connectivity index (χ2v) is 2.88. The number of ether oxygens (including phenoxy) is 1. The summed E-state index contributed by atoms with van der Waals surface area (Å²) in [5, 5.41) is 0. The summed E-state index contributed by atoms with van der Waals surface area (Å²) in [5.41, 5.74) is 5.03. The van der Waals surface area contributed by atoms with Crippen molar-refractivity contribution in [2.75, 3.05) is 5.73 Å². The van der Waals surface area contributed by atoms with Crippen LogP contribution in [0.3, 0.4) is 0 Å². The van der Waals surface area contributed by atoms with Crippen LogP contribution in [0.25, 0.3) is 0 Å². The number of hydrogen-bond donors (Lipinski definition) is 2. The van der Waals surface area contributed by atoms with Gasteiger partial charge in [0.05, 0.1) is 6.07 Å². The molecule has 0 saturated heterocycles. The Labute approximate surface area is 85.5 Å². The van der Waals surface area contributed by atoms with Crippen molar-refractivity contribution in [3.63, 3.8) is 0 Å². The van der Waals surface area contributed by atoms with Crippen molar-refractivity contribution in [3.05, 3.63) is 46.8 Å². The minimum absolute atomic E-state index is 0.0356. The molecule has 0 atom stereocenters. The molecule has 1 heterocycles. The molecule has 0 aliphatic rings. The molecule has 1 aromatic heterocycles. The standard InChI is InChI=1S/C10H9N3O2/c11-10-12-8(14)6-9(13-10)15-7-4-2-1-3-5-7/h1-6H,(H3,11,12,13,14). The van der Waals surface area contributed by atoms with Gasteiger partial charge in [0.2, 0.25) is 11.8 Å². The lowest BCUT2D eigenvalue weighted by Gasteiger charge is -2.03. The lowest BCUT2D eigenvalue weighted by Crippen LogP contribution is -2.09. The molecule has 0 unspecified atom stereocenters. The van der Waals surface area contributed by atoms with Gasteiger partial charge in [-0.2, -0.15) is 4.98 Å². The van der Waals surface area contributed by atoms with Crippen LogP contribution in [0.5, 0.6) is 11.6 Å². The van der Waals surface area contributed by atoms with E-state index >= 15 is 0 Å². The van der Waals surface area contributed by atoms with Gasteiger partial charge in [-0.05, 0) is 12.1 Å². The van der Waals surface area contributed by atoms with Crippen molar-refractivity contribution < 1.29 is 4.74 Å². The van der Waals surface area contributed by atoms with E-state index in [2.05, 4.69) is 9.97 Å². The Morgan fingerprint density at radius 2 is 2.00 bits per heavy atom. The molecule has 0 fully saturated rings. The lowest BCUT2D eigenvalue weighted by atomic mass is 10.3. The second-order valence-electron chi connectivity index (χ2n) is 2.88. The zero-order valence-corrected chi connectivity index (χ0v) is 7.81. The maximum absolute atomic E-state index is 11.0. The minimum Gasteiger partial charge on any atom is -0.439 e. The van der Waals surface area contributed by atoms with Gasteiger partial charge in [0.15, 0.2) is 0 Å². The summed E-state index contributed by atoms with van der Waals surface area (Å²) >= 11 is 0. The highest BCUT2D eigenvalue weighted by molar-refractivity contribution is 5.28. The van der Waals surface area contributed by atoms with Crippen molar-refractivity contribution >= 4 is 5.95 Å². The van der Waals surface area contributed by atoms with Gasteiger partial charge in [-0.25, -0.2) is 0 Å². The van der Waals surface area contributed by atoms with Crippen molar-refractivity contribution in [2.45, 2.75) is 0 Å². The van der Waals surface area contributed by atoms with Crippen LogP contribution < -0.4 is 16.0 Å². The molecular weight excluding hydrogens is 194 g/mol. The number of anilines is 1. The predicted molar refractivity (Wildman–Crippen MR) is 55.8 cm³/mol. The van der Waals surface area contributed by atoms with Gasteiger partial charge >= 0.3 is 0 Å². The number of H-pyrrole nitrogens is 1. The fraction of sp³-hybridized carbons (Fsp3) is 0. The van der Waals surface area contributed by atoms with Crippen molar-refractivity contribution in [3.8, 4) is 11.6 Å². The van der Waals surface area contributed by atoms with E-state index in [4.69, 9.17) is 10.5 Å². The molecule has 3 N–H and O–H groups in total. The SMILES string of the molecule is Nc1nc(Oc2ccccc2)cc(=O)[nH]1. The molecule has 2 aromatic rings. The molecule has 0 saturated carbocycles. The molecule has 2 rings (SSSR count). The number of rotatable bonds is 2. The second kappa shape index (κ2) is 3.83. The van der Waals surface area contributed by atoms with Gasteiger partial charge in [-0.1, -0.05) is 18.2 Å². The molecule has 0 aliphatic carbocycles. The van der Waals surface area contributed by atoms with Crippen LogP contribution in [-0.4, -0.2) is 9.97 Å². The first-order chi connectivity index (χ1) is 7.24. The molecule has 0 bridgehead atoms. The first-order valence-electron chi connectivity index (χ1n) is 4.34. The topological polar surface area (TPSA) is 81.0 Å². The average molecular weight is 203 g/mol. The van der Waals surface area contributed by atoms with Crippen molar-refractivity contribution in [1.29, 1.82) is 0 Å². The smallest absolute Gasteiger partial charge is 0.256 e. The summed E-state index contributed by atoms with van der Waals surface area (Å²) in [6, 6.07) is 10.3. The normalized spacial score (nSPS) is 9.87. The Kier molecular flexibility index (Phi) is 2.37. The van der Waals surface area contributed by atoms with E-state index in [1.54, 1.807) is 12.1 Å². The number of para-hydroxylation sites is 1. The maximum atomic E-state index is 11.0. The highest BCUT2D eigenvalue weighted by Gasteiger charge is 2.00. The fourth-order valence-electron chi connectivity index (χ4n) is 1.11. The minimum atomic E-state index is -0.339. The van der Waals surface area contributed by atoms with E-state index in [-0.39, 0.29) is 17.4 Å². The average Bonchev–Trinajstić information content (AvgIpc) is 2.17. The number of aromatic nitrogens is 2. The van der Waals surface area contributed by atoms with Crippen LogP contribution in [0.2, 0.25) is 0 Å². The van der Waals surface area contributed by atoms with Crippen LogP contribution in [0, 0.1) is 0 Å². The molecule has 5 heteroatoms. The number of hydrogen-bond acceptors (Lipinski definition) is 4. The van der Waals surface area contributed by atoms with Crippen LogP contribution in [0.1, 0.15) is 0 Å². The predicted octanol–water partition coefficient (Wildman–Crippen LogP) is 1.14. The van der Waals surface area contributed by atoms with E-state index < -0.39 is 0 Å². The van der Waals surface area contributed by atoms with E-state index in [9.17, 15) is 4.79 Å². The third kappa shape index (κ3) is 2.34. The number of nitrogens with zero attached hydrogens (tertiary/aromatic N) is 1. The van der Waals surface area contributed by atoms with Gasteiger partial charge in [-0.3, -0.25) is 9.78 Å². The van der Waals surface area contributed by atoms with E-state index in [0.29, 0.717) is 5.75 Å². The zero-order chi connectivity index (χ0) is 10.7. The number of nitrogens with one attached hydrogen (secondary N) is 1. The molecule has 0 spiro atoms. The number of nitrogens with two attached hydrogens (primary N) is 1. The lowest BCUT2D eigenvalue weighted by molar-refractivity contribution is 0.462. The Morgan fingerprint density at radius 3 is 2.67 bits per heavy atom. The quantitative estimate of drug-likeness (QED) is 0.767. The monoisotopic (exact) mass is 203 g/mol. The van der Waals surface area contributed by atoms with Gasteiger partial charge in [0.25, 0.3) is 5.56 Å². The Morgan fingerprint density at radius 1 is 1.27 bits per heavy atom. The third-order valence-corrected chi connectivity index (χ3v) is 1.70. The fourth-order valence-corrected chi connectivity index (χ4v) is 1.11. The van der Waals surface area contributed by atoms with Crippen LogP contribution in [0.15, 0.2) is 41.2 Å². The Bertz CT molecular complexity index is 508. The molecule has 1 aromatic carbocycles. The van der Waals surface area contributed by atoms with Crippen LogP contribution in [-0.2, 0) is 0 Å². The Balaban J connectivity index is 2.29. The molecular formula is C10H9N3O2. The van der Waals surface area contributed by atoms with Crippen LogP contribution in [0.4, 0.5) is 5.95 Å². The largest absolute Gasteiger partial charge is 0.439 e. The first kappa shape index (κ1) is 9.26.